The van der Waals surface area contributed by atoms with E-state index in [0.717, 1.165) is 29.7 Å². The number of ketones is 1. The fraction of sp³-hybridized carbons (Fsp3) is 0.565. The summed E-state index contributed by atoms with van der Waals surface area (Å²) in [5.41, 5.74) is 1.85. The van der Waals surface area contributed by atoms with Crippen LogP contribution in [0.3, 0.4) is 0 Å². The largest absolute Gasteiger partial charge is 0.544 e. The molecule has 3 rings (SSSR count). The highest BCUT2D eigenvalue weighted by atomic mass is 28.4. The van der Waals surface area contributed by atoms with Crippen LogP contribution in [0.15, 0.2) is 35.6 Å². The summed E-state index contributed by atoms with van der Waals surface area (Å²) in [4.78, 5) is 25.5. The SMILES string of the molecule is CCOC(=O)C1C(=O)C2=C(CCCO2)C1c1ccc(O[Si](C)(C)C(C)(C)C)cc1. The first kappa shape index (κ1) is 21.6. The molecule has 6 heteroatoms. The van der Waals surface area contributed by atoms with E-state index in [2.05, 4.69) is 33.9 Å². The molecule has 2 aliphatic rings. The highest BCUT2D eigenvalue weighted by molar-refractivity contribution is 6.74. The Bertz CT molecular complexity index is 817. The van der Waals surface area contributed by atoms with Crippen molar-refractivity contribution >= 4 is 20.1 Å². The standard InChI is InChI=1S/C23H32O5Si/c1-7-26-22(25)19-18(17-9-8-14-27-21(17)20(19)24)15-10-12-16(13-11-15)28-29(5,6)23(2,3)4/h10-13,18-19H,7-9,14H2,1-6H3. The zero-order valence-electron chi connectivity index (χ0n) is 18.3. The van der Waals surface area contributed by atoms with Gasteiger partial charge in [-0.05, 0) is 61.2 Å². The van der Waals surface area contributed by atoms with Crippen LogP contribution in [0.5, 0.6) is 5.75 Å². The summed E-state index contributed by atoms with van der Waals surface area (Å²) in [6, 6.07) is 7.84. The van der Waals surface area contributed by atoms with Gasteiger partial charge in [-0.1, -0.05) is 32.9 Å². The maximum Gasteiger partial charge on any atom is 0.317 e. The molecule has 29 heavy (non-hydrogen) atoms. The maximum atomic E-state index is 12.9. The van der Waals surface area contributed by atoms with Crippen LogP contribution in [0, 0.1) is 5.92 Å². The van der Waals surface area contributed by atoms with Crippen LogP contribution >= 0.6 is 0 Å². The Morgan fingerprint density at radius 3 is 2.45 bits per heavy atom. The van der Waals surface area contributed by atoms with E-state index >= 15 is 0 Å². The molecule has 1 aliphatic carbocycles. The molecular formula is C23H32O5Si. The Hall–Kier alpha value is -2.08. The summed E-state index contributed by atoms with van der Waals surface area (Å²) in [7, 11) is -1.93. The minimum Gasteiger partial charge on any atom is -0.544 e. The predicted octanol–water partition coefficient (Wildman–Crippen LogP) is 4.98. The Balaban J connectivity index is 1.91. The fourth-order valence-electron chi connectivity index (χ4n) is 3.72. The minimum absolute atomic E-state index is 0.109. The van der Waals surface area contributed by atoms with Gasteiger partial charge < -0.3 is 13.9 Å². The lowest BCUT2D eigenvalue weighted by Gasteiger charge is -2.36. The second kappa shape index (κ2) is 7.98. The van der Waals surface area contributed by atoms with E-state index < -0.39 is 20.2 Å². The van der Waals surface area contributed by atoms with E-state index in [0.29, 0.717) is 12.4 Å². The number of allylic oxidation sites excluding steroid dienone is 2. The number of Topliss-reactive ketones (excluding diaryl/α,β-unsaturated/α-hetero) is 1. The number of benzene rings is 1. The number of hydrogen-bond acceptors (Lipinski definition) is 5. The number of carbonyl (C=O) groups excluding carboxylic acids is 2. The third-order valence-corrected chi connectivity index (χ3v) is 10.7. The van der Waals surface area contributed by atoms with E-state index in [1.54, 1.807) is 6.92 Å². The van der Waals surface area contributed by atoms with Gasteiger partial charge in [0.05, 0.1) is 13.2 Å². The lowest BCUT2D eigenvalue weighted by Crippen LogP contribution is -2.43. The van der Waals surface area contributed by atoms with E-state index in [-0.39, 0.29) is 23.3 Å². The number of esters is 1. The summed E-state index contributed by atoms with van der Waals surface area (Å²) < 4.78 is 17.2. The molecule has 0 fully saturated rings. The molecule has 2 unspecified atom stereocenters. The monoisotopic (exact) mass is 416 g/mol. The summed E-state index contributed by atoms with van der Waals surface area (Å²) in [6.45, 7) is 13.6. The summed E-state index contributed by atoms with van der Waals surface area (Å²) in [6.07, 6.45) is 1.62. The Kier molecular flexibility index (Phi) is 5.95. The molecule has 0 bridgehead atoms. The van der Waals surface area contributed by atoms with Gasteiger partial charge in [0.1, 0.15) is 11.7 Å². The molecule has 0 N–H and O–H groups in total. The van der Waals surface area contributed by atoms with Crippen molar-refractivity contribution in [2.24, 2.45) is 5.92 Å². The third kappa shape index (κ3) is 4.13. The molecule has 5 nitrogen and oxygen atoms in total. The van der Waals surface area contributed by atoms with E-state index in [1.165, 1.54) is 0 Å². The van der Waals surface area contributed by atoms with Crippen LogP contribution in [0.1, 0.15) is 52.0 Å². The first-order valence-corrected chi connectivity index (χ1v) is 13.3. The second-order valence-electron chi connectivity index (χ2n) is 9.31. The second-order valence-corrected chi connectivity index (χ2v) is 14.0. The van der Waals surface area contributed by atoms with Crippen molar-refractivity contribution in [1.82, 2.24) is 0 Å². The van der Waals surface area contributed by atoms with Crippen LogP contribution in [-0.2, 0) is 19.1 Å². The lowest BCUT2D eigenvalue weighted by atomic mass is 9.83. The molecule has 2 atom stereocenters. The molecular weight excluding hydrogens is 384 g/mol. The van der Waals surface area contributed by atoms with Gasteiger partial charge in [-0.3, -0.25) is 9.59 Å². The maximum absolute atomic E-state index is 12.9. The predicted molar refractivity (Wildman–Crippen MR) is 114 cm³/mol. The number of hydrogen-bond donors (Lipinski definition) is 0. The summed E-state index contributed by atoms with van der Waals surface area (Å²) in [5.74, 6) is -0.691. The van der Waals surface area contributed by atoms with E-state index in [9.17, 15) is 9.59 Å². The molecule has 0 radical (unpaired) electrons. The number of carbonyl (C=O) groups is 2. The average Bonchev–Trinajstić information content (AvgIpc) is 2.94. The molecule has 0 amide bonds. The van der Waals surface area contributed by atoms with Gasteiger partial charge in [0.15, 0.2) is 5.76 Å². The van der Waals surface area contributed by atoms with Gasteiger partial charge in [-0.15, -0.1) is 0 Å². The van der Waals surface area contributed by atoms with Crippen LogP contribution in [0.2, 0.25) is 18.1 Å². The number of ether oxygens (including phenoxy) is 2. The van der Waals surface area contributed by atoms with Gasteiger partial charge in [0.25, 0.3) is 0 Å². The van der Waals surface area contributed by atoms with Gasteiger partial charge in [0, 0.05) is 5.92 Å². The topological polar surface area (TPSA) is 61.8 Å². The van der Waals surface area contributed by atoms with Crippen LogP contribution in [0.25, 0.3) is 0 Å². The average molecular weight is 417 g/mol. The van der Waals surface area contributed by atoms with E-state index in [1.807, 2.05) is 24.3 Å². The first-order chi connectivity index (χ1) is 13.6. The van der Waals surface area contributed by atoms with E-state index in [4.69, 9.17) is 13.9 Å². The molecule has 1 aromatic rings. The third-order valence-electron chi connectivity index (χ3n) is 6.30. The van der Waals surface area contributed by atoms with Crippen molar-refractivity contribution in [3.63, 3.8) is 0 Å². The fourth-order valence-corrected chi connectivity index (χ4v) is 4.75. The minimum atomic E-state index is -1.93. The van der Waals surface area contributed by atoms with Gasteiger partial charge in [-0.25, -0.2) is 0 Å². The van der Waals surface area contributed by atoms with Crippen molar-refractivity contribution in [2.45, 2.75) is 64.6 Å². The number of rotatable bonds is 5. The molecule has 0 aromatic heterocycles. The van der Waals surface area contributed by atoms with Gasteiger partial charge in [-0.2, -0.15) is 0 Å². The summed E-state index contributed by atoms with van der Waals surface area (Å²) >= 11 is 0. The molecule has 0 saturated heterocycles. The van der Waals surface area contributed by atoms with Crippen molar-refractivity contribution in [2.75, 3.05) is 13.2 Å². The Morgan fingerprint density at radius 2 is 1.86 bits per heavy atom. The van der Waals surface area contributed by atoms with Crippen LogP contribution < -0.4 is 4.43 Å². The molecule has 158 valence electrons. The van der Waals surface area contributed by atoms with Crippen molar-refractivity contribution < 1.29 is 23.5 Å². The van der Waals surface area contributed by atoms with Crippen LogP contribution in [0.4, 0.5) is 0 Å². The molecule has 1 aromatic carbocycles. The summed E-state index contributed by atoms with van der Waals surface area (Å²) in [5, 5.41) is 0.109. The highest BCUT2D eigenvalue weighted by Crippen LogP contribution is 2.47. The quantitative estimate of drug-likeness (QED) is 0.385. The zero-order valence-corrected chi connectivity index (χ0v) is 19.3. The molecule has 0 spiro atoms. The zero-order chi connectivity index (χ0) is 21.4. The van der Waals surface area contributed by atoms with Crippen LogP contribution in [-0.4, -0.2) is 33.3 Å². The van der Waals surface area contributed by atoms with Gasteiger partial charge in [0.2, 0.25) is 14.1 Å². The van der Waals surface area contributed by atoms with Crippen molar-refractivity contribution in [3.8, 4) is 5.75 Å². The lowest BCUT2D eigenvalue weighted by molar-refractivity contribution is -0.151. The van der Waals surface area contributed by atoms with Gasteiger partial charge >= 0.3 is 5.97 Å². The molecule has 1 aliphatic heterocycles. The molecule has 0 saturated carbocycles. The van der Waals surface area contributed by atoms with Crippen molar-refractivity contribution in [1.29, 1.82) is 0 Å². The Morgan fingerprint density at radius 1 is 1.21 bits per heavy atom. The smallest absolute Gasteiger partial charge is 0.317 e. The highest BCUT2D eigenvalue weighted by Gasteiger charge is 2.49. The normalized spacial score (nSPS) is 22.2. The van der Waals surface area contributed by atoms with Crippen molar-refractivity contribution in [3.05, 3.63) is 41.2 Å². The first-order valence-electron chi connectivity index (χ1n) is 10.4. The molecule has 1 heterocycles. The Labute approximate surface area is 174 Å².